The van der Waals surface area contributed by atoms with Crippen molar-refractivity contribution in [1.82, 2.24) is 19.7 Å². The molecule has 0 radical (unpaired) electrons. The van der Waals surface area contributed by atoms with Gasteiger partial charge in [-0.25, -0.2) is 0 Å². The van der Waals surface area contributed by atoms with Crippen molar-refractivity contribution in [3.8, 4) is 0 Å². The normalized spacial score (nSPS) is 19.4. The predicted octanol–water partition coefficient (Wildman–Crippen LogP) is 1.59. The Morgan fingerprint density at radius 3 is 2.74 bits per heavy atom. The largest absolute Gasteiger partial charge is 0.340 e. The zero-order valence-electron chi connectivity index (χ0n) is 11.8. The molecule has 0 N–H and O–H groups in total. The van der Waals surface area contributed by atoms with E-state index in [0.29, 0.717) is 18.3 Å². The van der Waals surface area contributed by atoms with Crippen LogP contribution >= 0.6 is 0 Å². The number of carbonyl (C=O) groups is 1. The Morgan fingerprint density at radius 1 is 1.26 bits per heavy atom. The Hall–Kier alpha value is -1.39. The molecule has 1 amide bonds. The molecule has 1 saturated carbocycles. The molecule has 1 fully saturated rings. The van der Waals surface area contributed by atoms with Gasteiger partial charge in [0.2, 0.25) is 5.91 Å². The second-order valence-corrected chi connectivity index (χ2v) is 6.13. The maximum absolute atomic E-state index is 12.1. The number of hydrogen-bond donors (Lipinski definition) is 0. The van der Waals surface area contributed by atoms with Crippen LogP contribution in [0.1, 0.15) is 50.7 Å². The summed E-state index contributed by atoms with van der Waals surface area (Å²) in [5.74, 6) is 3.53. The first-order chi connectivity index (χ1) is 9.15. The quantitative estimate of drug-likeness (QED) is 0.831. The van der Waals surface area contributed by atoms with Crippen molar-refractivity contribution in [1.29, 1.82) is 0 Å². The molecule has 2 aliphatic rings. The summed E-state index contributed by atoms with van der Waals surface area (Å²) in [6.45, 7) is 6.63. The summed E-state index contributed by atoms with van der Waals surface area (Å²) in [4.78, 5) is 14.1. The third-order valence-corrected chi connectivity index (χ3v) is 3.93. The van der Waals surface area contributed by atoms with Crippen LogP contribution in [0.5, 0.6) is 0 Å². The van der Waals surface area contributed by atoms with Gasteiger partial charge in [0.25, 0.3) is 0 Å². The Kier molecular flexibility index (Phi) is 3.29. The zero-order chi connectivity index (χ0) is 13.4. The highest BCUT2D eigenvalue weighted by atomic mass is 16.2. The molecule has 0 bridgehead atoms. The molecule has 0 atom stereocenters. The van der Waals surface area contributed by atoms with Gasteiger partial charge in [-0.1, -0.05) is 13.8 Å². The summed E-state index contributed by atoms with van der Waals surface area (Å²) >= 11 is 0. The lowest BCUT2D eigenvalue weighted by Crippen LogP contribution is -2.34. The van der Waals surface area contributed by atoms with Gasteiger partial charge < -0.3 is 9.47 Å². The fourth-order valence-electron chi connectivity index (χ4n) is 2.72. The minimum absolute atomic E-state index is 0.279. The lowest BCUT2D eigenvalue weighted by Gasteiger charge is -2.21. The fraction of sp³-hybridized carbons (Fsp3) is 0.786. The molecule has 3 rings (SSSR count). The summed E-state index contributed by atoms with van der Waals surface area (Å²) < 4.78 is 2.25. The van der Waals surface area contributed by atoms with Crippen LogP contribution in [0.2, 0.25) is 0 Å². The summed E-state index contributed by atoms with van der Waals surface area (Å²) in [5, 5.41) is 8.64. The molecule has 5 nitrogen and oxygen atoms in total. The van der Waals surface area contributed by atoms with Crippen molar-refractivity contribution in [3.63, 3.8) is 0 Å². The average molecular weight is 262 g/mol. The Morgan fingerprint density at radius 2 is 2.05 bits per heavy atom. The van der Waals surface area contributed by atoms with Gasteiger partial charge in [-0.3, -0.25) is 4.79 Å². The van der Waals surface area contributed by atoms with Crippen LogP contribution < -0.4 is 0 Å². The second kappa shape index (κ2) is 4.94. The third kappa shape index (κ3) is 2.65. The zero-order valence-corrected chi connectivity index (χ0v) is 11.8. The van der Waals surface area contributed by atoms with Gasteiger partial charge in [0.15, 0.2) is 0 Å². The van der Waals surface area contributed by atoms with Crippen LogP contribution in [0.3, 0.4) is 0 Å². The van der Waals surface area contributed by atoms with Gasteiger partial charge >= 0.3 is 0 Å². The van der Waals surface area contributed by atoms with Crippen molar-refractivity contribution in [3.05, 3.63) is 11.6 Å². The maximum atomic E-state index is 12.1. The Labute approximate surface area is 114 Å². The monoisotopic (exact) mass is 262 g/mol. The van der Waals surface area contributed by atoms with Crippen molar-refractivity contribution in [2.75, 3.05) is 13.1 Å². The predicted molar refractivity (Wildman–Crippen MR) is 71.7 cm³/mol. The topological polar surface area (TPSA) is 51.0 Å². The smallest absolute Gasteiger partial charge is 0.222 e. The number of rotatable bonds is 3. The minimum Gasteiger partial charge on any atom is -0.340 e. The Bertz CT molecular complexity index is 476. The van der Waals surface area contributed by atoms with Crippen molar-refractivity contribution in [2.45, 2.75) is 52.0 Å². The molecule has 5 heteroatoms. The van der Waals surface area contributed by atoms with E-state index < -0.39 is 0 Å². The van der Waals surface area contributed by atoms with E-state index in [1.165, 1.54) is 12.8 Å². The molecule has 19 heavy (non-hydrogen) atoms. The number of fused-ring (bicyclic) bond motifs is 1. The Balaban J connectivity index is 1.69. The van der Waals surface area contributed by atoms with E-state index in [1.54, 1.807) is 0 Å². The first-order valence-corrected chi connectivity index (χ1v) is 7.35. The first kappa shape index (κ1) is 12.6. The van der Waals surface area contributed by atoms with E-state index in [9.17, 15) is 4.79 Å². The molecule has 0 spiro atoms. The second-order valence-electron chi connectivity index (χ2n) is 6.13. The number of hydrogen-bond acceptors (Lipinski definition) is 3. The molecule has 104 valence electrons. The van der Waals surface area contributed by atoms with Gasteiger partial charge in [-0.05, 0) is 18.8 Å². The number of aromatic nitrogens is 3. The van der Waals surface area contributed by atoms with Crippen LogP contribution in [0.15, 0.2) is 0 Å². The minimum atomic E-state index is 0.279. The summed E-state index contributed by atoms with van der Waals surface area (Å²) in [6, 6.07) is 0. The molecule has 1 aliphatic carbocycles. The maximum Gasteiger partial charge on any atom is 0.222 e. The van der Waals surface area contributed by atoms with E-state index in [0.717, 1.165) is 37.7 Å². The van der Waals surface area contributed by atoms with Crippen LogP contribution in [0.25, 0.3) is 0 Å². The lowest BCUT2D eigenvalue weighted by atomic mass is 10.1. The molecule has 1 aliphatic heterocycles. The van der Waals surface area contributed by atoms with Gasteiger partial charge in [-0.2, -0.15) is 0 Å². The first-order valence-electron chi connectivity index (χ1n) is 7.35. The summed E-state index contributed by atoms with van der Waals surface area (Å²) in [7, 11) is 0. The lowest BCUT2D eigenvalue weighted by molar-refractivity contribution is -0.131. The highest BCUT2D eigenvalue weighted by Crippen LogP contribution is 2.39. The van der Waals surface area contributed by atoms with Gasteiger partial charge in [0.05, 0.1) is 0 Å². The number of carbonyl (C=O) groups excluding carboxylic acids is 1. The van der Waals surface area contributed by atoms with Crippen molar-refractivity contribution >= 4 is 5.91 Å². The highest BCUT2D eigenvalue weighted by molar-refractivity contribution is 5.76. The van der Waals surface area contributed by atoms with E-state index in [1.807, 2.05) is 4.90 Å². The van der Waals surface area contributed by atoms with Crippen LogP contribution in [-0.4, -0.2) is 38.7 Å². The van der Waals surface area contributed by atoms with E-state index in [2.05, 4.69) is 28.6 Å². The molecule has 0 unspecified atom stereocenters. The molecule has 0 saturated heterocycles. The summed E-state index contributed by atoms with van der Waals surface area (Å²) in [5.41, 5.74) is 0. The molecule has 2 heterocycles. The molecule has 1 aromatic heterocycles. The van der Waals surface area contributed by atoms with Crippen LogP contribution in [-0.2, 0) is 17.8 Å². The summed E-state index contributed by atoms with van der Waals surface area (Å²) in [6.07, 6.45) is 3.97. The van der Waals surface area contributed by atoms with Crippen LogP contribution in [0.4, 0.5) is 0 Å². The van der Waals surface area contributed by atoms with Crippen molar-refractivity contribution < 1.29 is 4.79 Å². The molecular weight excluding hydrogens is 240 g/mol. The number of amides is 1. The molecule has 0 aromatic carbocycles. The molecular formula is C14H22N4O. The van der Waals surface area contributed by atoms with Crippen molar-refractivity contribution in [2.24, 2.45) is 5.92 Å². The highest BCUT2D eigenvalue weighted by Gasteiger charge is 2.31. The fourth-order valence-corrected chi connectivity index (χ4v) is 2.72. The van der Waals surface area contributed by atoms with E-state index in [4.69, 9.17) is 0 Å². The van der Waals surface area contributed by atoms with E-state index in [-0.39, 0.29) is 5.91 Å². The number of nitrogens with zero attached hydrogens (tertiary/aromatic N) is 4. The van der Waals surface area contributed by atoms with Gasteiger partial charge in [0.1, 0.15) is 11.6 Å². The van der Waals surface area contributed by atoms with Crippen LogP contribution in [0, 0.1) is 5.92 Å². The molecule has 1 aromatic rings. The van der Waals surface area contributed by atoms with Gasteiger partial charge in [-0.15, -0.1) is 10.2 Å². The average Bonchev–Trinajstić information content (AvgIpc) is 3.14. The SMILES string of the molecule is CC(C)CC(=O)N1CCc2nnc(C3CC3)n2CC1. The van der Waals surface area contributed by atoms with Gasteiger partial charge in [0, 0.05) is 38.4 Å². The van der Waals surface area contributed by atoms with E-state index >= 15 is 0 Å². The third-order valence-electron chi connectivity index (χ3n) is 3.93. The standard InChI is InChI=1S/C14H22N4O/c1-10(2)9-13(19)17-6-5-12-15-16-14(11-3-4-11)18(12)8-7-17/h10-11H,3-9H2,1-2H3.